The van der Waals surface area contributed by atoms with Crippen LogP contribution in [0.2, 0.25) is 0 Å². The van der Waals surface area contributed by atoms with Crippen molar-refractivity contribution in [3.8, 4) is 51.6 Å². The number of nitriles is 2. The lowest BCUT2D eigenvalue weighted by Gasteiger charge is -2.44. The highest BCUT2D eigenvalue weighted by Gasteiger charge is 2.43. The van der Waals surface area contributed by atoms with Gasteiger partial charge in [0.15, 0.2) is 0 Å². The largest absolute Gasteiger partial charge is 0.496 e. The van der Waals surface area contributed by atoms with E-state index in [1.165, 1.54) is 129 Å². The van der Waals surface area contributed by atoms with E-state index in [-0.39, 0.29) is 11.9 Å². The van der Waals surface area contributed by atoms with Gasteiger partial charge in [0.2, 0.25) is 0 Å². The SMILES string of the molecule is COc1ccc(-c2ccc(C(C)(C)C#N)cc2)cc1C1CCN(C2CCOCC2)CC1.COc1ccc(-c2ccc(CC#N)cc2)cc1C1CCN(C2C[C@H]3CCC2C3)CC1.COc1ccccc1C1CCN(C2CCN(C(=O)c3ccccc3)C(C)C2)CC1. The van der Waals surface area contributed by atoms with Gasteiger partial charge in [-0.1, -0.05) is 103 Å². The Bertz CT molecular complexity index is 3360. The maximum atomic E-state index is 12.9. The molecule has 5 heterocycles. The Balaban J connectivity index is 0.000000139. The molecule has 2 bridgehead atoms. The van der Waals surface area contributed by atoms with Crippen LogP contribution in [0, 0.1) is 34.5 Å². The minimum absolute atomic E-state index is 0.173. The number of carbonyl (C=O) groups excluding carboxylic acids is 1. The molecule has 1 amide bonds. The zero-order chi connectivity index (χ0) is 62.6. The number of rotatable bonds is 14. The number of likely N-dealkylation sites (tertiary alicyclic amines) is 4. The van der Waals surface area contributed by atoms with E-state index in [1.54, 1.807) is 21.3 Å². The molecule has 11 nitrogen and oxygen atoms in total. The molecule has 6 aromatic carbocycles. The Hall–Kier alpha value is -6.99. The average molecular weight is 1210 g/mol. The zero-order valence-corrected chi connectivity index (χ0v) is 54.7. The topological polar surface area (TPSA) is 115 Å². The number of ether oxygens (including phenoxy) is 4. The van der Waals surface area contributed by atoms with Crippen LogP contribution in [0.4, 0.5) is 0 Å². The molecule has 0 radical (unpaired) electrons. The summed E-state index contributed by atoms with van der Waals surface area (Å²) in [5.74, 6) is 6.91. The summed E-state index contributed by atoms with van der Waals surface area (Å²) in [6.07, 6.45) is 18.0. The minimum atomic E-state index is -0.470. The second kappa shape index (κ2) is 30.4. The van der Waals surface area contributed by atoms with Gasteiger partial charge in [-0.3, -0.25) is 4.79 Å². The van der Waals surface area contributed by atoms with Crippen molar-refractivity contribution in [2.75, 3.05) is 80.4 Å². The molecule has 5 saturated heterocycles. The first-order valence-corrected chi connectivity index (χ1v) is 34.1. The molecular weight excluding hydrogens is 1110 g/mol. The van der Waals surface area contributed by atoms with Crippen molar-refractivity contribution in [3.63, 3.8) is 0 Å². The highest BCUT2D eigenvalue weighted by atomic mass is 16.5. The van der Waals surface area contributed by atoms with Gasteiger partial charge in [0.25, 0.3) is 5.91 Å². The molecule has 2 saturated carbocycles. The van der Waals surface area contributed by atoms with Gasteiger partial charge in [0.1, 0.15) is 17.2 Å². The fourth-order valence-electron chi connectivity index (χ4n) is 16.4. The number of fused-ring (bicyclic) bond motifs is 2. The molecule has 2 aliphatic carbocycles. The van der Waals surface area contributed by atoms with E-state index < -0.39 is 5.41 Å². The number of nitrogens with zero attached hydrogens (tertiary/aromatic N) is 6. The third kappa shape index (κ3) is 15.3. The number of amides is 1. The van der Waals surface area contributed by atoms with Crippen LogP contribution >= 0.6 is 0 Å². The van der Waals surface area contributed by atoms with Crippen molar-refractivity contribution in [2.24, 2.45) is 11.8 Å². The van der Waals surface area contributed by atoms with Crippen LogP contribution in [0.5, 0.6) is 17.2 Å². The minimum Gasteiger partial charge on any atom is -0.496 e. The summed E-state index contributed by atoms with van der Waals surface area (Å²) in [6.45, 7) is 15.8. The number of benzene rings is 6. The molecule has 6 aromatic rings. The summed E-state index contributed by atoms with van der Waals surface area (Å²) in [6, 6.07) is 55.2. The van der Waals surface area contributed by atoms with E-state index in [0.717, 1.165) is 111 Å². The molecule has 0 N–H and O–H groups in total. The average Bonchev–Trinajstić information content (AvgIpc) is 1.56. The third-order valence-corrected chi connectivity index (χ3v) is 21.8. The van der Waals surface area contributed by atoms with Gasteiger partial charge in [-0.2, -0.15) is 10.5 Å². The third-order valence-electron chi connectivity index (χ3n) is 21.8. The highest BCUT2D eigenvalue weighted by Crippen LogP contribution is 2.48. The smallest absolute Gasteiger partial charge is 0.254 e. The van der Waals surface area contributed by atoms with Crippen molar-refractivity contribution in [1.82, 2.24) is 19.6 Å². The molecule has 0 spiro atoms. The number of carbonyl (C=O) groups is 1. The fourth-order valence-corrected chi connectivity index (χ4v) is 16.4. The number of hydrogen-bond donors (Lipinski definition) is 0. The molecular formula is C79H98N6O5. The molecule has 7 aliphatic rings. The summed E-state index contributed by atoms with van der Waals surface area (Å²) >= 11 is 0. The Labute approximate surface area is 538 Å². The second-order valence-electron chi connectivity index (χ2n) is 27.4. The van der Waals surface area contributed by atoms with Crippen molar-refractivity contribution in [2.45, 2.75) is 164 Å². The van der Waals surface area contributed by atoms with E-state index in [9.17, 15) is 10.1 Å². The van der Waals surface area contributed by atoms with Crippen molar-refractivity contribution in [3.05, 3.63) is 173 Å². The van der Waals surface area contributed by atoms with Gasteiger partial charge in [-0.25, -0.2) is 0 Å². The van der Waals surface area contributed by atoms with Crippen LogP contribution in [0.1, 0.15) is 167 Å². The molecule has 90 heavy (non-hydrogen) atoms. The van der Waals surface area contributed by atoms with E-state index in [2.05, 4.69) is 142 Å². The van der Waals surface area contributed by atoms with Crippen LogP contribution in [0.15, 0.2) is 140 Å². The Morgan fingerprint density at radius 3 is 1.56 bits per heavy atom. The predicted octanol–water partition coefficient (Wildman–Crippen LogP) is 15.9. The van der Waals surface area contributed by atoms with Gasteiger partial charge in [0.05, 0.1) is 45.3 Å². The first kappa shape index (κ1) is 64.5. The number of methoxy groups -OCH3 is 3. The maximum absolute atomic E-state index is 12.9. The highest BCUT2D eigenvalue weighted by molar-refractivity contribution is 5.94. The van der Waals surface area contributed by atoms with E-state index >= 15 is 0 Å². The molecule has 7 fully saturated rings. The Morgan fingerprint density at radius 2 is 1.03 bits per heavy atom. The molecule has 13 rings (SSSR count). The van der Waals surface area contributed by atoms with E-state index in [1.807, 2.05) is 50.2 Å². The Morgan fingerprint density at radius 1 is 0.522 bits per heavy atom. The maximum Gasteiger partial charge on any atom is 0.254 e. The zero-order valence-electron chi connectivity index (χ0n) is 54.7. The lowest BCUT2D eigenvalue weighted by Crippen LogP contribution is -2.52. The van der Waals surface area contributed by atoms with Crippen LogP contribution < -0.4 is 14.2 Å². The fraction of sp³-hybridized carbons (Fsp3) is 0.506. The molecule has 5 aliphatic heterocycles. The first-order chi connectivity index (χ1) is 43.9. The van der Waals surface area contributed by atoms with Gasteiger partial charge >= 0.3 is 0 Å². The molecule has 0 aromatic heterocycles. The summed E-state index contributed by atoms with van der Waals surface area (Å²) in [5, 5.41) is 18.3. The van der Waals surface area contributed by atoms with Gasteiger partial charge in [0, 0.05) is 49.5 Å². The molecule has 4 unspecified atom stereocenters. The molecule has 474 valence electrons. The molecule has 11 heteroatoms. The summed E-state index contributed by atoms with van der Waals surface area (Å²) in [5.41, 5.74) is 11.3. The quantitative estimate of drug-likeness (QED) is 0.104. The van der Waals surface area contributed by atoms with Crippen molar-refractivity contribution in [1.29, 1.82) is 10.5 Å². The Kier molecular flexibility index (Phi) is 21.8. The van der Waals surface area contributed by atoms with Crippen molar-refractivity contribution < 1.29 is 23.7 Å². The van der Waals surface area contributed by atoms with Crippen molar-refractivity contribution >= 4 is 5.91 Å². The summed E-state index contributed by atoms with van der Waals surface area (Å²) in [7, 11) is 5.33. The monoisotopic (exact) mass is 1210 g/mol. The normalized spacial score (nSPS) is 23.1. The number of hydrogen-bond acceptors (Lipinski definition) is 10. The van der Waals surface area contributed by atoms with Crippen LogP contribution in [0.25, 0.3) is 22.3 Å². The lowest BCUT2D eigenvalue weighted by molar-refractivity contribution is 0.0251. The second-order valence-corrected chi connectivity index (χ2v) is 27.4. The van der Waals surface area contributed by atoms with E-state index in [0.29, 0.717) is 36.3 Å². The van der Waals surface area contributed by atoms with Gasteiger partial charge in [-0.05, 0) is 266 Å². The summed E-state index contributed by atoms with van der Waals surface area (Å²) < 4.78 is 22.6. The van der Waals surface area contributed by atoms with Crippen LogP contribution in [-0.2, 0) is 16.6 Å². The van der Waals surface area contributed by atoms with E-state index in [4.69, 9.17) is 24.2 Å². The first-order valence-electron chi connectivity index (χ1n) is 34.1. The van der Waals surface area contributed by atoms with Crippen LogP contribution in [0.3, 0.4) is 0 Å². The van der Waals surface area contributed by atoms with Crippen LogP contribution in [-0.4, -0.2) is 130 Å². The number of piperidine rings is 4. The van der Waals surface area contributed by atoms with Gasteiger partial charge in [-0.15, -0.1) is 0 Å². The van der Waals surface area contributed by atoms with Gasteiger partial charge < -0.3 is 38.5 Å². The predicted molar refractivity (Wildman–Crippen MR) is 361 cm³/mol. The number of para-hydroxylation sites is 1. The standard InChI is InChI=1S/C27H34N2O2.C27H32N2O.C25H32N2O2/c1-27(2,19-28)23-7-4-20(5-8-23)22-6-9-26(30-3)25(18-22)21-10-14-29(15-11-21)24-12-16-31-17-13-24;1-30-27-9-8-23(21-5-2-19(3-6-21)10-13-28)18-25(27)22-11-14-29(15-12-22)26-17-20-4-7-24(26)16-20;1-19-18-22(14-17-27(19)25(28)21-8-4-3-5-9-21)26-15-12-20(13-16-26)23-10-6-7-11-24(23)29-2/h4-9,18,21,24H,10-17H2,1-3H3;2-3,5-6,8-9,18,20,22,24,26H,4,7,10-12,14-17H2,1H3;3-11,19-20,22H,12-18H2,1-2H3/t;20-,24?,26?;/m.0./s1. The molecule has 5 atom stereocenters. The summed E-state index contributed by atoms with van der Waals surface area (Å²) in [4.78, 5) is 23.1. The lowest BCUT2D eigenvalue weighted by atomic mass is 9.84.